The van der Waals surface area contributed by atoms with Crippen molar-refractivity contribution in [2.45, 2.75) is 63.3 Å². The van der Waals surface area contributed by atoms with Gasteiger partial charge >= 0.3 is 5.97 Å². The van der Waals surface area contributed by atoms with Crippen LogP contribution in [0.5, 0.6) is 5.75 Å². The molecule has 1 saturated heterocycles. The highest BCUT2D eigenvalue weighted by Crippen LogP contribution is 2.56. The molecular weight excluding hydrogens is 314 g/mol. The minimum Gasteiger partial charge on any atom is -0.508 e. The van der Waals surface area contributed by atoms with E-state index in [1.54, 1.807) is 0 Å². The van der Waals surface area contributed by atoms with Gasteiger partial charge in [0.1, 0.15) is 5.75 Å². The summed E-state index contributed by atoms with van der Waals surface area (Å²) in [5, 5.41) is 10.1. The fraction of sp³-hybridized carbons (Fsp3) is 0.667. The number of phenols is 1. The van der Waals surface area contributed by atoms with Crippen LogP contribution in [0.15, 0.2) is 18.2 Å². The Balaban J connectivity index is 1.61. The molecule has 25 heavy (non-hydrogen) atoms. The molecule has 1 aliphatic heterocycles. The number of fused-ring (bicyclic) bond motifs is 1. The topological polar surface area (TPSA) is 49.8 Å². The standard InChI is InChI=1S/C21H29NO3/c1-2-25-20(24)8-11-22-12-10-21-9-4-3-5-17(21)19(22)13-15-6-7-16(23)14-18(15)21/h6-7,14,17,19,23H,2-5,8-13H2,1H3/t17-,19+,21-/m0/s1. The van der Waals surface area contributed by atoms with Gasteiger partial charge in [-0.25, -0.2) is 0 Å². The van der Waals surface area contributed by atoms with Crippen molar-refractivity contribution < 1.29 is 14.6 Å². The molecule has 0 amide bonds. The molecule has 0 aromatic heterocycles. The Kier molecular flexibility index (Phi) is 4.48. The van der Waals surface area contributed by atoms with Gasteiger partial charge in [0, 0.05) is 18.0 Å². The molecule has 3 aliphatic rings. The number of aromatic hydroxyl groups is 1. The number of rotatable bonds is 4. The van der Waals surface area contributed by atoms with Crippen molar-refractivity contribution in [1.82, 2.24) is 4.90 Å². The average molecular weight is 343 g/mol. The summed E-state index contributed by atoms with van der Waals surface area (Å²) in [6, 6.07) is 6.52. The number of likely N-dealkylation sites (tertiary alicyclic amines) is 1. The first-order valence-electron chi connectivity index (χ1n) is 9.86. The van der Waals surface area contributed by atoms with Gasteiger partial charge in [-0.15, -0.1) is 0 Å². The zero-order chi connectivity index (χ0) is 17.4. The highest BCUT2D eigenvalue weighted by Gasteiger charge is 2.53. The van der Waals surface area contributed by atoms with E-state index in [4.69, 9.17) is 4.74 Å². The van der Waals surface area contributed by atoms with Crippen molar-refractivity contribution >= 4 is 5.97 Å². The van der Waals surface area contributed by atoms with E-state index in [2.05, 4.69) is 11.0 Å². The average Bonchev–Trinajstić information content (AvgIpc) is 2.62. The summed E-state index contributed by atoms with van der Waals surface area (Å²) in [5.41, 5.74) is 3.07. The van der Waals surface area contributed by atoms with E-state index in [1.807, 2.05) is 19.1 Å². The van der Waals surface area contributed by atoms with E-state index in [0.29, 0.717) is 30.7 Å². The quantitative estimate of drug-likeness (QED) is 0.851. The van der Waals surface area contributed by atoms with Crippen molar-refractivity contribution in [3.8, 4) is 5.75 Å². The second kappa shape index (κ2) is 6.64. The molecule has 2 bridgehead atoms. The summed E-state index contributed by atoms with van der Waals surface area (Å²) >= 11 is 0. The van der Waals surface area contributed by atoms with Gasteiger partial charge in [0.05, 0.1) is 13.0 Å². The zero-order valence-electron chi connectivity index (χ0n) is 15.2. The van der Waals surface area contributed by atoms with E-state index in [-0.39, 0.29) is 11.4 Å². The lowest BCUT2D eigenvalue weighted by Crippen LogP contribution is -2.61. The summed E-state index contributed by atoms with van der Waals surface area (Å²) < 4.78 is 5.12. The summed E-state index contributed by atoms with van der Waals surface area (Å²) in [6.45, 7) is 4.19. The number of piperidine rings is 1. The molecule has 4 rings (SSSR count). The summed E-state index contributed by atoms with van der Waals surface area (Å²) in [5.74, 6) is 0.983. The van der Waals surface area contributed by atoms with Gasteiger partial charge in [0.25, 0.3) is 0 Å². The second-order valence-electron chi connectivity index (χ2n) is 7.96. The molecule has 4 nitrogen and oxygen atoms in total. The number of benzene rings is 1. The summed E-state index contributed by atoms with van der Waals surface area (Å²) in [6.07, 6.45) is 7.81. The Bertz CT molecular complexity index is 659. The Morgan fingerprint density at radius 1 is 1.36 bits per heavy atom. The third-order valence-electron chi connectivity index (χ3n) is 6.84. The molecule has 1 saturated carbocycles. The number of phenolic OH excluding ortho intramolecular Hbond substituents is 1. The Labute approximate surface area is 150 Å². The number of carbonyl (C=O) groups excluding carboxylic acids is 1. The maximum Gasteiger partial charge on any atom is 0.307 e. The van der Waals surface area contributed by atoms with E-state index >= 15 is 0 Å². The molecule has 0 radical (unpaired) electrons. The molecule has 1 heterocycles. The van der Waals surface area contributed by atoms with Gasteiger partial charge in [-0.3, -0.25) is 9.69 Å². The van der Waals surface area contributed by atoms with Crippen LogP contribution in [0.3, 0.4) is 0 Å². The van der Waals surface area contributed by atoms with Gasteiger partial charge in [-0.1, -0.05) is 18.9 Å². The Morgan fingerprint density at radius 3 is 3.08 bits per heavy atom. The fourth-order valence-corrected chi connectivity index (χ4v) is 5.82. The molecule has 1 aromatic carbocycles. The van der Waals surface area contributed by atoms with Gasteiger partial charge in [0.15, 0.2) is 0 Å². The first kappa shape index (κ1) is 16.9. The largest absolute Gasteiger partial charge is 0.508 e. The van der Waals surface area contributed by atoms with Crippen LogP contribution in [0.25, 0.3) is 0 Å². The zero-order valence-corrected chi connectivity index (χ0v) is 15.2. The van der Waals surface area contributed by atoms with Crippen LogP contribution in [-0.4, -0.2) is 41.7 Å². The van der Waals surface area contributed by atoms with Crippen LogP contribution < -0.4 is 0 Å². The smallest absolute Gasteiger partial charge is 0.307 e. The minimum absolute atomic E-state index is 0.0795. The fourth-order valence-electron chi connectivity index (χ4n) is 5.82. The van der Waals surface area contributed by atoms with Crippen LogP contribution >= 0.6 is 0 Å². The highest BCUT2D eigenvalue weighted by molar-refractivity contribution is 5.69. The van der Waals surface area contributed by atoms with Crippen molar-refractivity contribution in [2.75, 3.05) is 19.7 Å². The van der Waals surface area contributed by atoms with Crippen LogP contribution in [0.2, 0.25) is 0 Å². The number of hydrogen-bond donors (Lipinski definition) is 1. The first-order valence-corrected chi connectivity index (χ1v) is 9.86. The third-order valence-corrected chi connectivity index (χ3v) is 6.84. The maximum atomic E-state index is 11.8. The monoisotopic (exact) mass is 343 g/mol. The van der Waals surface area contributed by atoms with Gasteiger partial charge in [-0.05, 0) is 68.3 Å². The molecule has 0 unspecified atom stereocenters. The molecule has 2 fully saturated rings. The lowest BCUT2D eigenvalue weighted by Gasteiger charge is -2.59. The predicted molar refractivity (Wildman–Crippen MR) is 96.7 cm³/mol. The van der Waals surface area contributed by atoms with Gasteiger partial charge in [-0.2, -0.15) is 0 Å². The van der Waals surface area contributed by atoms with Gasteiger partial charge in [0.2, 0.25) is 0 Å². The molecular formula is C21H29NO3. The molecule has 1 N–H and O–H groups in total. The Hall–Kier alpha value is -1.55. The molecule has 1 aromatic rings. The van der Waals surface area contributed by atoms with E-state index in [9.17, 15) is 9.90 Å². The van der Waals surface area contributed by atoms with Crippen molar-refractivity contribution in [1.29, 1.82) is 0 Å². The number of esters is 1. The van der Waals surface area contributed by atoms with E-state index in [0.717, 1.165) is 25.9 Å². The van der Waals surface area contributed by atoms with Gasteiger partial charge < -0.3 is 9.84 Å². The molecule has 4 heteroatoms. The second-order valence-corrected chi connectivity index (χ2v) is 7.96. The molecule has 0 spiro atoms. The molecule has 136 valence electrons. The lowest BCUT2D eigenvalue weighted by atomic mass is 9.52. The predicted octanol–water partition coefficient (Wildman–Crippen LogP) is 3.40. The van der Waals surface area contributed by atoms with Crippen LogP contribution in [-0.2, 0) is 21.4 Å². The number of ether oxygens (including phenoxy) is 1. The van der Waals surface area contributed by atoms with E-state index < -0.39 is 0 Å². The van der Waals surface area contributed by atoms with Crippen LogP contribution in [0.4, 0.5) is 0 Å². The first-order chi connectivity index (χ1) is 12.1. The Morgan fingerprint density at radius 2 is 2.24 bits per heavy atom. The van der Waals surface area contributed by atoms with Crippen molar-refractivity contribution in [3.63, 3.8) is 0 Å². The molecule has 3 atom stereocenters. The maximum absolute atomic E-state index is 11.8. The lowest BCUT2D eigenvalue weighted by molar-refractivity contribution is -0.144. The number of carbonyl (C=O) groups is 1. The van der Waals surface area contributed by atoms with E-state index in [1.165, 1.54) is 36.8 Å². The molecule has 2 aliphatic carbocycles. The summed E-state index contributed by atoms with van der Waals surface area (Å²) in [4.78, 5) is 14.3. The number of nitrogens with zero attached hydrogens (tertiary/aromatic N) is 1. The number of hydrogen-bond acceptors (Lipinski definition) is 4. The summed E-state index contributed by atoms with van der Waals surface area (Å²) in [7, 11) is 0. The van der Waals surface area contributed by atoms with Crippen molar-refractivity contribution in [3.05, 3.63) is 29.3 Å². The third kappa shape index (κ3) is 2.84. The highest BCUT2D eigenvalue weighted by atomic mass is 16.5. The van der Waals surface area contributed by atoms with Crippen molar-refractivity contribution in [2.24, 2.45) is 5.92 Å². The van der Waals surface area contributed by atoms with Crippen LogP contribution in [0, 0.1) is 5.92 Å². The SMILES string of the molecule is CCOC(=O)CCN1CC[C@@]23CCCC[C@H]2[C@H]1Cc1ccc(O)cc13. The normalized spacial score (nSPS) is 31.1. The minimum atomic E-state index is -0.0795. The van der Waals surface area contributed by atoms with Crippen LogP contribution in [0.1, 0.15) is 56.6 Å².